The summed E-state index contributed by atoms with van der Waals surface area (Å²) in [6.07, 6.45) is 2.92. The summed E-state index contributed by atoms with van der Waals surface area (Å²) in [5.41, 5.74) is -1.23. The number of pyridine rings is 1. The maximum absolute atomic E-state index is 13.1. The third-order valence-corrected chi connectivity index (χ3v) is 6.17. The molecule has 0 radical (unpaired) electrons. The van der Waals surface area contributed by atoms with E-state index in [4.69, 9.17) is 5.10 Å². The van der Waals surface area contributed by atoms with Crippen LogP contribution in [0.25, 0.3) is 10.9 Å². The van der Waals surface area contributed by atoms with Gasteiger partial charge in [0.15, 0.2) is 0 Å². The van der Waals surface area contributed by atoms with Crippen molar-refractivity contribution in [2.45, 2.75) is 63.8 Å². The molecule has 1 aliphatic carbocycles. The summed E-state index contributed by atoms with van der Waals surface area (Å²) >= 11 is 0. The van der Waals surface area contributed by atoms with Gasteiger partial charge in [-0.2, -0.15) is 18.3 Å². The monoisotopic (exact) mass is 460 g/mol. The largest absolute Gasteiger partial charge is 0.433 e. The first-order valence-corrected chi connectivity index (χ1v) is 11.0. The molecule has 2 heterocycles. The summed E-state index contributed by atoms with van der Waals surface area (Å²) in [5, 5.41) is 16.3. The Hall–Kier alpha value is -2.94. The molecule has 1 aliphatic rings. The molecule has 1 amide bonds. The molecule has 0 spiro atoms. The Labute approximate surface area is 190 Å². The molecular weight excluding hydrogens is 433 g/mol. The summed E-state index contributed by atoms with van der Waals surface area (Å²) in [5.74, 6) is -0.703. The summed E-state index contributed by atoms with van der Waals surface area (Å²) in [4.78, 5) is 17.8. The van der Waals surface area contributed by atoms with E-state index in [9.17, 15) is 23.1 Å². The van der Waals surface area contributed by atoms with Crippen LogP contribution >= 0.6 is 0 Å². The Kier molecular flexibility index (Phi) is 5.94. The topological polar surface area (TPSA) is 71.2 Å². The van der Waals surface area contributed by atoms with Gasteiger partial charge in [-0.1, -0.05) is 25.3 Å². The van der Waals surface area contributed by atoms with Crippen LogP contribution in [0, 0.1) is 0 Å². The zero-order chi connectivity index (χ0) is 24.0. The van der Waals surface area contributed by atoms with E-state index in [2.05, 4.69) is 4.98 Å². The number of carbonyl (C=O) groups is 1. The molecule has 4 rings (SSSR count). The lowest BCUT2D eigenvalue weighted by Gasteiger charge is -2.27. The fraction of sp³-hybridized carbons (Fsp3) is 0.458. The normalized spacial score (nSPS) is 15.7. The number of nitrogens with zero attached hydrogens (tertiary/aromatic N) is 4. The van der Waals surface area contributed by atoms with Crippen molar-refractivity contribution in [1.29, 1.82) is 0 Å². The van der Waals surface area contributed by atoms with Crippen LogP contribution in [0.2, 0.25) is 0 Å². The van der Waals surface area contributed by atoms with E-state index in [0.717, 1.165) is 43.2 Å². The van der Waals surface area contributed by atoms with E-state index in [1.54, 1.807) is 26.0 Å². The van der Waals surface area contributed by atoms with Crippen LogP contribution in [0.15, 0.2) is 36.5 Å². The average molecular weight is 461 g/mol. The minimum Gasteiger partial charge on any atom is -0.386 e. The highest BCUT2D eigenvalue weighted by Crippen LogP contribution is 2.36. The quantitative estimate of drug-likeness (QED) is 0.561. The molecule has 3 aromatic rings. The number of rotatable bonds is 4. The number of halogens is 3. The molecule has 6 nitrogen and oxygen atoms in total. The number of benzene rings is 1. The minimum atomic E-state index is -4.65. The molecule has 0 aliphatic heterocycles. The second-order valence-corrected chi connectivity index (χ2v) is 9.16. The molecule has 9 heteroatoms. The number of fused-ring (bicyclic) bond motifs is 1. The highest BCUT2D eigenvalue weighted by atomic mass is 19.4. The third kappa shape index (κ3) is 4.73. The number of hydrogen-bond acceptors (Lipinski definition) is 4. The predicted octanol–water partition coefficient (Wildman–Crippen LogP) is 5.46. The Morgan fingerprint density at radius 2 is 1.85 bits per heavy atom. The van der Waals surface area contributed by atoms with Crippen molar-refractivity contribution < 1.29 is 23.1 Å². The highest BCUT2D eigenvalue weighted by Gasteiger charge is 2.34. The standard InChI is InChI=1S/C24H27F3N4O2/c1-23(2,33)17-13-19-15(14-31(29-19)16-8-5-4-6-9-16)12-20(17)30(3)22(32)18-10-7-11-21(28-18)24(25,26)27/h7,10-14,16,33H,4-6,8-9H2,1-3H3. The third-order valence-electron chi connectivity index (χ3n) is 6.17. The lowest BCUT2D eigenvalue weighted by Crippen LogP contribution is -2.31. The molecule has 176 valence electrons. The number of aromatic nitrogens is 3. The van der Waals surface area contributed by atoms with Crippen molar-refractivity contribution in [2.24, 2.45) is 0 Å². The minimum absolute atomic E-state index is 0.314. The summed E-state index contributed by atoms with van der Waals surface area (Å²) in [6.45, 7) is 3.19. The van der Waals surface area contributed by atoms with Gasteiger partial charge in [-0.25, -0.2) is 4.98 Å². The molecule has 2 aromatic heterocycles. The van der Waals surface area contributed by atoms with Crippen molar-refractivity contribution in [2.75, 3.05) is 11.9 Å². The molecule has 1 aromatic carbocycles. The molecular formula is C24H27F3N4O2. The van der Waals surface area contributed by atoms with Gasteiger partial charge in [-0.05, 0) is 51.0 Å². The summed E-state index contributed by atoms with van der Waals surface area (Å²) < 4.78 is 41.2. The molecule has 1 N–H and O–H groups in total. The van der Waals surface area contributed by atoms with Crippen LogP contribution in [0.4, 0.5) is 18.9 Å². The van der Waals surface area contributed by atoms with Gasteiger partial charge in [0, 0.05) is 24.2 Å². The first-order chi connectivity index (χ1) is 15.4. The van der Waals surface area contributed by atoms with Crippen LogP contribution in [0.1, 0.15) is 73.7 Å². The molecule has 1 saturated carbocycles. The van der Waals surface area contributed by atoms with Crippen molar-refractivity contribution in [3.8, 4) is 0 Å². The maximum atomic E-state index is 13.1. The Morgan fingerprint density at radius 1 is 1.15 bits per heavy atom. The van der Waals surface area contributed by atoms with E-state index < -0.39 is 23.4 Å². The van der Waals surface area contributed by atoms with Gasteiger partial charge >= 0.3 is 6.18 Å². The lowest BCUT2D eigenvalue weighted by molar-refractivity contribution is -0.141. The first-order valence-electron chi connectivity index (χ1n) is 11.0. The van der Waals surface area contributed by atoms with Gasteiger partial charge < -0.3 is 10.0 Å². The van der Waals surface area contributed by atoms with Gasteiger partial charge in [-0.15, -0.1) is 0 Å². The molecule has 0 atom stereocenters. The number of anilines is 1. The number of aliphatic hydroxyl groups is 1. The van der Waals surface area contributed by atoms with E-state index in [-0.39, 0.29) is 5.69 Å². The maximum Gasteiger partial charge on any atom is 0.433 e. The zero-order valence-electron chi connectivity index (χ0n) is 18.9. The fourth-order valence-corrected chi connectivity index (χ4v) is 4.37. The van der Waals surface area contributed by atoms with Crippen LogP contribution in [-0.2, 0) is 11.8 Å². The number of alkyl halides is 3. The molecule has 0 unspecified atom stereocenters. The number of amides is 1. The smallest absolute Gasteiger partial charge is 0.386 e. The van der Waals surface area contributed by atoms with Gasteiger partial charge in [0.05, 0.1) is 22.8 Å². The van der Waals surface area contributed by atoms with Crippen LogP contribution < -0.4 is 4.90 Å². The molecule has 0 bridgehead atoms. The van der Waals surface area contributed by atoms with E-state index in [0.29, 0.717) is 22.8 Å². The Morgan fingerprint density at radius 3 is 2.48 bits per heavy atom. The van der Waals surface area contributed by atoms with Crippen molar-refractivity contribution in [1.82, 2.24) is 14.8 Å². The zero-order valence-corrected chi connectivity index (χ0v) is 18.9. The second kappa shape index (κ2) is 8.44. The SMILES string of the molecule is CN(C(=O)c1cccc(C(F)(F)F)n1)c1cc2cn(C3CCCCC3)nc2cc1C(C)(C)O. The highest BCUT2D eigenvalue weighted by molar-refractivity contribution is 6.06. The van der Waals surface area contributed by atoms with Crippen molar-refractivity contribution >= 4 is 22.5 Å². The van der Waals surface area contributed by atoms with Crippen molar-refractivity contribution in [3.63, 3.8) is 0 Å². The van der Waals surface area contributed by atoms with E-state index in [1.807, 2.05) is 10.9 Å². The van der Waals surface area contributed by atoms with Gasteiger partial charge in [0.1, 0.15) is 11.4 Å². The molecule has 33 heavy (non-hydrogen) atoms. The van der Waals surface area contributed by atoms with E-state index in [1.165, 1.54) is 24.4 Å². The van der Waals surface area contributed by atoms with Crippen LogP contribution in [0.5, 0.6) is 0 Å². The summed E-state index contributed by atoms with van der Waals surface area (Å²) in [7, 11) is 1.46. The molecule has 0 saturated heterocycles. The Bertz CT molecular complexity index is 1170. The first kappa shape index (κ1) is 23.2. The van der Waals surface area contributed by atoms with Gasteiger partial charge in [0.2, 0.25) is 0 Å². The lowest BCUT2D eigenvalue weighted by atomic mass is 9.94. The fourth-order valence-electron chi connectivity index (χ4n) is 4.37. The second-order valence-electron chi connectivity index (χ2n) is 9.16. The van der Waals surface area contributed by atoms with Gasteiger partial charge in [-0.3, -0.25) is 9.48 Å². The van der Waals surface area contributed by atoms with E-state index >= 15 is 0 Å². The average Bonchev–Trinajstić information content (AvgIpc) is 3.20. The van der Waals surface area contributed by atoms with Crippen molar-refractivity contribution in [3.05, 3.63) is 53.5 Å². The van der Waals surface area contributed by atoms with Gasteiger partial charge in [0.25, 0.3) is 5.91 Å². The summed E-state index contributed by atoms with van der Waals surface area (Å²) in [6, 6.07) is 7.04. The predicted molar refractivity (Wildman–Crippen MR) is 119 cm³/mol. The number of carbonyl (C=O) groups excluding carboxylic acids is 1. The molecule has 1 fully saturated rings. The van der Waals surface area contributed by atoms with Crippen LogP contribution in [0.3, 0.4) is 0 Å². The van der Waals surface area contributed by atoms with Crippen LogP contribution in [-0.4, -0.2) is 32.8 Å². The number of hydrogen-bond donors (Lipinski definition) is 1. The Balaban J connectivity index is 1.75.